The molecular weight excluding hydrogens is 210 g/mol. The third-order valence-corrected chi connectivity index (χ3v) is 2.78. The molecular formula is C12H18ClNO. The lowest BCUT2D eigenvalue weighted by atomic mass is 10.1. The van der Waals surface area contributed by atoms with Crippen molar-refractivity contribution in [2.24, 2.45) is 5.92 Å². The Hall–Kier alpha value is -0.890. The topological polar surface area (TPSA) is 21.3 Å². The molecule has 0 saturated heterocycles. The predicted molar refractivity (Wildman–Crippen MR) is 65.9 cm³/mol. The minimum absolute atomic E-state index is 0.386. The van der Waals surface area contributed by atoms with Crippen molar-refractivity contribution in [3.63, 3.8) is 0 Å². The van der Waals surface area contributed by atoms with E-state index in [-0.39, 0.29) is 0 Å². The van der Waals surface area contributed by atoms with Crippen LogP contribution in [0.5, 0.6) is 5.75 Å². The molecule has 0 spiro atoms. The van der Waals surface area contributed by atoms with Gasteiger partial charge in [0.25, 0.3) is 0 Å². The second-order valence-corrected chi connectivity index (χ2v) is 4.46. The summed E-state index contributed by atoms with van der Waals surface area (Å²) in [5.74, 6) is 1.39. The molecule has 0 fully saturated rings. The van der Waals surface area contributed by atoms with Gasteiger partial charge in [0.15, 0.2) is 0 Å². The van der Waals surface area contributed by atoms with Gasteiger partial charge in [-0.2, -0.15) is 0 Å². The molecule has 1 atom stereocenters. The highest BCUT2D eigenvalue weighted by Crippen LogP contribution is 2.28. The Morgan fingerprint density at radius 3 is 2.47 bits per heavy atom. The average Bonchev–Trinajstić information content (AvgIpc) is 2.18. The van der Waals surface area contributed by atoms with Gasteiger partial charge in [0.1, 0.15) is 5.75 Å². The number of methoxy groups -OCH3 is 1. The van der Waals surface area contributed by atoms with Gasteiger partial charge >= 0.3 is 0 Å². The van der Waals surface area contributed by atoms with Gasteiger partial charge in [-0.3, -0.25) is 0 Å². The minimum atomic E-state index is 0.386. The third kappa shape index (κ3) is 3.31. The third-order valence-electron chi connectivity index (χ3n) is 2.54. The molecule has 0 radical (unpaired) electrons. The molecule has 0 bridgehead atoms. The average molecular weight is 228 g/mol. The van der Waals surface area contributed by atoms with Gasteiger partial charge < -0.3 is 10.1 Å². The molecule has 0 aliphatic carbocycles. The van der Waals surface area contributed by atoms with Crippen LogP contribution >= 0.6 is 11.6 Å². The van der Waals surface area contributed by atoms with Gasteiger partial charge in [-0.25, -0.2) is 0 Å². The maximum Gasteiger partial charge on any atom is 0.142 e. The Bertz CT molecular complexity index is 325. The minimum Gasteiger partial charge on any atom is -0.495 e. The largest absolute Gasteiger partial charge is 0.495 e. The van der Waals surface area contributed by atoms with Crippen molar-refractivity contribution in [2.45, 2.75) is 26.8 Å². The van der Waals surface area contributed by atoms with E-state index in [0.717, 1.165) is 11.4 Å². The maximum atomic E-state index is 5.94. The summed E-state index contributed by atoms with van der Waals surface area (Å²) < 4.78 is 5.26. The van der Waals surface area contributed by atoms with Crippen LogP contribution in [0.1, 0.15) is 20.8 Å². The van der Waals surface area contributed by atoms with Crippen LogP contribution in [0.2, 0.25) is 5.02 Å². The molecule has 1 rings (SSSR count). The van der Waals surface area contributed by atoms with Crippen molar-refractivity contribution >= 4 is 17.3 Å². The first-order valence-corrected chi connectivity index (χ1v) is 5.52. The molecule has 0 aliphatic rings. The molecule has 0 unspecified atom stereocenters. The van der Waals surface area contributed by atoms with E-state index in [1.165, 1.54) is 0 Å². The number of nitrogens with one attached hydrogen (secondary N) is 1. The summed E-state index contributed by atoms with van der Waals surface area (Å²) in [6, 6.07) is 5.97. The summed E-state index contributed by atoms with van der Waals surface area (Å²) in [5, 5.41) is 4.11. The Morgan fingerprint density at radius 1 is 1.27 bits per heavy atom. The number of anilines is 1. The van der Waals surface area contributed by atoms with Gasteiger partial charge in [-0.1, -0.05) is 25.4 Å². The van der Waals surface area contributed by atoms with E-state index in [2.05, 4.69) is 26.1 Å². The lowest BCUT2D eigenvalue weighted by Gasteiger charge is -2.20. The van der Waals surface area contributed by atoms with Crippen molar-refractivity contribution in [2.75, 3.05) is 12.4 Å². The molecule has 0 amide bonds. The van der Waals surface area contributed by atoms with Crippen LogP contribution in [-0.2, 0) is 0 Å². The SMILES string of the molecule is COc1ccc(Cl)cc1N[C@H](C)C(C)C. The Balaban J connectivity index is 2.87. The highest BCUT2D eigenvalue weighted by Gasteiger charge is 2.10. The van der Waals surface area contributed by atoms with E-state index in [4.69, 9.17) is 16.3 Å². The Labute approximate surface area is 96.6 Å². The van der Waals surface area contributed by atoms with Gasteiger partial charge in [0.2, 0.25) is 0 Å². The first-order valence-electron chi connectivity index (χ1n) is 5.14. The fourth-order valence-corrected chi connectivity index (χ4v) is 1.38. The van der Waals surface area contributed by atoms with Gasteiger partial charge in [0, 0.05) is 11.1 Å². The van der Waals surface area contributed by atoms with Crippen molar-refractivity contribution in [3.05, 3.63) is 23.2 Å². The van der Waals surface area contributed by atoms with Crippen LogP contribution < -0.4 is 10.1 Å². The van der Waals surface area contributed by atoms with E-state index in [0.29, 0.717) is 17.0 Å². The summed E-state index contributed by atoms with van der Waals surface area (Å²) in [6.07, 6.45) is 0. The van der Waals surface area contributed by atoms with E-state index in [1.807, 2.05) is 18.2 Å². The van der Waals surface area contributed by atoms with Crippen LogP contribution in [0, 0.1) is 5.92 Å². The second kappa shape index (κ2) is 5.26. The molecule has 3 heteroatoms. The van der Waals surface area contributed by atoms with Crippen molar-refractivity contribution in [1.29, 1.82) is 0 Å². The highest BCUT2D eigenvalue weighted by atomic mass is 35.5. The fraction of sp³-hybridized carbons (Fsp3) is 0.500. The summed E-state index contributed by atoms with van der Waals surface area (Å²) in [4.78, 5) is 0. The molecule has 84 valence electrons. The lowest BCUT2D eigenvalue weighted by Crippen LogP contribution is -2.21. The smallest absolute Gasteiger partial charge is 0.142 e. The normalized spacial score (nSPS) is 12.7. The lowest BCUT2D eigenvalue weighted by molar-refractivity contribution is 0.415. The van der Waals surface area contributed by atoms with E-state index in [1.54, 1.807) is 7.11 Å². The second-order valence-electron chi connectivity index (χ2n) is 4.02. The number of halogens is 1. The molecule has 0 aliphatic heterocycles. The van der Waals surface area contributed by atoms with E-state index < -0.39 is 0 Å². The molecule has 1 aromatic rings. The van der Waals surface area contributed by atoms with Crippen molar-refractivity contribution in [3.8, 4) is 5.75 Å². The predicted octanol–water partition coefficient (Wildman–Crippen LogP) is 3.81. The number of ether oxygens (including phenoxy) is 1. The zero-order chi connectivity index (χ0) is 11.4. The van der Waals surface area contributed by atoms with Gasteiger partial charge in [-0.15, -0.1) is 0 Å². The quantitative estimate of drug-likeness (QED) is 0.845. The van der Waals surface area contributed by atoms with Crippen LogP contribution in [0.25, 0.3) is 0 Å². The van der Waals surface area contributed by atoms with Crippen LogP contribution in [-0.4, -0.2) is 13.2 Å². The summed E-state index contributed by atoms with van der Waals surface area (Å²) in [5.41, 5.74) is 0.950. The monoisotopic (exact) mass is 227 g/mol. The number of rotatable bonds is 4. The summed E-state index contributed by atoms with van der Waals surface area (Å²) >= 11 is 5.94. The molecule has 15 heavy (non-hydrogen) atoms. The maximum absolute atomic E-state index is 5.94. The molecule has 2 nitrogen and oxygen atoms in total. The standard InChI is InChI=1S/C12H18ClNO/c1-8(2)9(3)14-11-7-10(13)5-6-12(11)15-4/h5-9,14H,1-4H3/t9-/m1/s1. The summed E-state index contributed by atoms with van der Waals surface area (Å²) in [7, 11) is 1.66. The highest BCUT2D eigenvalue weighted by molar-refractivity contribution is 6.30. The first-order chi connectivity index (χ1) is 7.04. The van der Waals surface area contributed by atoms with E-state index in [9.17, 15) is 0 Å². The van der Waals surface area contributed by atoms with E-state index >= 15 is 0 Å². The fourth-order valence-electron chi connectivity index (χ4n) is 1.20. The number of hydrogen-bond donors (Lipinski definition) is 1. The molecule has 0 heterocycles. The zero-order valence-corrected chi connectivity index (χ0v) is 10.4. The Morgan fingerprint density at radius 2 is 1.93 bits per heavy atom. The molecule has 1 N–H and O–H groups in total. The van der Waals surface area contributed by atoms with Crippen molar-refractivity contribution in [1.82, 2.24) is 0 Å². The number of hydrogen-bond acceptors (Lipinski definition) is 2. The Kier molecular flexibility index (Phi) is 4.28. The molecule has 0 saturated carbocycles. The zero-order valence-electron chi connectivity index (χ0n) is 9.67. The molecule has 1 aromatic carbocycles. The van der Waals surface area contributed by atoms with Gasteiger partial charge in [-0.05, 0) is 31.0 Å². The van der Waals surface area contributed by atoms with Crippen LogP contribution in [0.15, 0.2) is 18.2 Å². The molecule has 0 aromatic heterocycles. The van der Waals surface area contributed by atoms with Crippen LogP contribution in [0.3, 0.4) is 0 Å². The first kappa shape index (κ1) is 12.2. The van der Waals surface area contributed by atoms with Crippen molar-refractivity contribution < 1.29 is 4.74 Å². The number of benzene rings is 1. The van der Waals surface area contributed by atoms with Crippen LogP contribution in [0.4, 0.5) is 5.69 Å². The summed E-state index contributed by atoms with van der Waals surface area (Å²) in [6.45, 7) is 6.49. The van der Waals surface area contributed by atoms with Gasteiger partial charge in [0.05, 0.1) is 12.8 Å².